The second-order valence-electron chi connectivity index (χ2n) is 2.71. The van der Waals surface area contributed by atoms with Crippen molar-refractivity contribution in [3.8, 4) is 0 Å². The normalized spacial score (nSPS) is 10.2. The number of thiophene rings is 1. The van der Waals surface area contributed by atoms with Crippen molar-refractivity contribution in [2.75, 3.05) is 0 Å². The van der Waals surface area contributed by atoms with E-state index in [1.54, 1.807) is 11.3 Å². The van der Waals surface area contributed by atoms with E-state index in [2.05, 4.69) is 39.0 Å². The van der Waals surface area contributed by atoms with Crippen LogP contribution in [0.3, 0.4) is 0 Å². The Kier molecular flexibility index (Phi) is 2.34. The molecule has 0 spiro atoms. The van der Waals surface area contributed by atoms with Crippen LogP contribution in [0.4, 0.5) is 0 Å². The van der Waals surface area contributed by atoms with Gasteiger partial charge in [0.2, 0.25) is 6.54 Å². The second kappa shape index (κ2) is 3.49. The van der Waals surface area contributed by atoms with Gasteiger partial charge in [-0.3, -0.25) is 0 Å². The van der Waals surface area contributed by atoms with Crippen molar-refractivity contribution in [3.63, 3.8) is 0 Å². The Hall–Kier alpha value is -0.850. The highest BCUT2D eigenvalue weighted by Gasteiger charge is 2.03. The summed E-state index contributed by atoms with van der Waals surface area (Å²) in [7, 11) is 0. The second-order valence-corrected chi connectivity index (χ2v) is 4.80. The van der Waals surface area contributed by atoms with Gasteiger partial charge in [-0.1, -0.05) is 22.0 Å². The molecule has 0 saturated carbocycles. The molecule has 0 amide bonds. The topological polar surface area (TPSA) is 4.36 Å². The predicted molar refractivity (Wildman–Crippen MR) is 59.8 cm³/mol. The summed E-state index contributed by atoms with van der Waals surface area (Å²) in [4.78, 5) is 4.51. The molecule has 0 aliphatic rings. The molecule has 1 heterocycles. The summed E-state index contributed by atoms with van der Waals surface area (Å²) in [6.45, 7) is 7.28. The number of benzene rings is 1. The molecule has 3 heteroatoms. The smallest absolute Gasteiger partial charge is 0.248 e. The van der Waals surface area contributed by atoms with Crippen LogP contribution >= 0.6 is 27.3 Å². The van der Waals surface area contributed by atoms with E-state index in [0.29, 0.717) is 6.54 Å². The van der Waals surface area contributed by atoms with E-state index in [1.807, 2.05) is 6.07 Å². The van der Waals surface area contributed by atoms with Gasteiger partial charge >= 0.3 is 0 Å². The Morgan fingerprint density at radius 3 is 3.00 bits per heavy atom. The van der Waals surface area contributed by atoms with Crippen LogP contribution < -0.4 is 0 Å². The number of halogens is 1. The van der Waals surface area contributed by atoms with Crippen LogP contribution in [0.25, 0.3) is 14.9 Å². The van der Waals surface area contributed by atoms with E-state index >= 15 is 0 Å². The molecule has 2 aromatic rings. The molecule has 1 nitrogen and oxygen atoms in total. The van der Waals surface area contributed by atoms with Gasteiger partial charge in [0.15, 0.2) is 0 Å². The number of hydrogen-bond donors (Lipinski definition) is 0. The molecule has 1 aromatic carbocycles. The van der Waals surface area contributed by atoms with E-state index in [1.165, 1.54) is 10.1 Å². The Morgan fingerprint density at radius 1 is 1.38 bits per heavy atom. The highest BCUT2D eigenvalue weighted by Crippen LogP contribution is 2.28. The fourth-order valence-electron chi connectivity index (χ4n) is 1.22. The summed E-state index contributed by atoms with van der Waals surface area (Å²) in [5, 5.41) is 1.23. The molecular weight excluding hydrogens is 246 g/mol. The number of rotatable bonds is 1. The molecule has 0 fully saturated rings. The Morgan fingerprint density at radius 2 is 2.23 bits per heavy atom. The molecule has 13 heavy (non-hydrogen) atoms. The average molecular weight is 252 g/mol. The lowest BCUT2D eigenvalue weighted by molar-refractivity contribution is 1.34. The summed E-state index contributed by atoms with van der Waals surface area (Å²) >= 11 is 5.12. The van der Waals surface area contributed by atoms with E-state index in [4.69, 9.17) is 6.57 Å². The molecule has 0 radical (unpaired) electrons. The van der Waals surface area contributed by atoms with Crippen molar-refractivity contribution in [1.82, 2.24) is 0 Å². The van der Waals surface area contributed by atoms with Crippen LogP contribution in [-0.2, 0) is 6.54 Å². The predicted octanol–water partition coefficient (Wildman–Crippen LogP) is 4.08. The van der Waals surface area contributed by atoms with Gasteiger partial charge in [0, 0.05) is 9.17 Å². The van der Waals surface area contributed by atoms with Crippen LogP contribution in [0.15, 0.2) is 28.7 Å². The first-order chi connectivity index (χ1) is 6.29. The third-order valence-electron chi connectivity index (χ3n) is 1.77. The molecule has 0 aliphatic heterocycles. The molecular formula is C10H6BrNS. The molecule has 0 bridgehead atoms. The van der Waals surface area contributed by atoms with Crippen molar-refractivity contribution in [2.24, 2.45) is 0 Å². The highest BCUT2D eigenvalue weighted by atomic mass is 79.9. The molecule has 0 N–H and O–H groups in total. The van der Waals surface area contributed by atoms with E-state index in [9.17, 15) is 0 Å². The van der Waals surface area contributed by atoms with Gasteiger partial charge in [0.25, 0.3) is 0 Å². The Balaban J connectivity index is 2.57. The maximum atomic E-state index is 6.78. The fourth-order valence-corrected chi connectivity index (χ4v) is 2.76. The summed E-state index contributed by atoms with van der Waals surface area (Å²) in [5.74, 6) is 0. The first-order valence-electron chi connectivity index (χ1n) is 3.81. The molecule has 0 unspecified atom stereocenters. The van der Waals surface area contributed by atoms with E-state index < -0.39 is 0 Å². The fraction of sp³-hybridized carbons (Fsp3) is 0.100. The number of hydrogen-bond acceptors (Lipinski definition) is 1. The van der Waals surface area contributed by atoms with Gasteiger partial charge in [-0.2, -0.15) is 0 Å². The standard InChI is InChI=1S/C10H6BrNS/c1-12-6-9-4-7-2-3-8(11)5-10(7)13-9/h2-5H,6H2. The molecule has 2 rings (SSSR count). The zero-order valence-electron chi connectivity index (χ0n) is 6.75. The molecule has 1 aromatic heterocycles. The van der Waals surface area contributed by atoms with Crippen LogP contribution in [0.5, 0.6) is 0 Å². The third-order valence-corrected chi connectivity index (χ3v) is 3.34. The van der Waals surface area contributed by atoms with Crippen LogP contribution in [0, 0.1) is 6.57 Å². The van der Waals surface area contributed by atoms with Crippen molar-refractivity contribution < 1.29 is 0 Å². The molecule has 0 atom stereocenters. The minimum Gasteiger partial charge on any atom is -0.311 e. The third kappa shape index (κ3) is 1.74. The Labute approximate surface area is 89.0 Å². The number of nitrogens with zero attached hydrogens (tertiary/aromatic N) is 1. The van der Waals surface area contributed by atoms with Crippen LogP contribution in [0.2, 0.25) is 0 Å². The molecule has 0 saturated heterocycles. The van der Waals surface area contributed by atoms with Crippen LogP contribution in [-0.4, -0.2) is 0 Å². The van der Waals surface area contributed by atoms with Gasteiger partial charge in [-0.15, -0.1) is 11.3 Å². The van der Waals surface area contributed by atoms with Crippen molar-refractivity contribution in [1.29, 1.82) is 0 Å². The van der Waals surface area contributed by atoms with E-state index in [-0.39, 0.29) is 0 Å². The van der Waals surface area contributed by atoms with Gasteiger partial charge in [-0.25, -0.2) is 6.57 Å². The van der Waals surface area contributed by atoms with Crippen molar-refractivity contribution in [2.45, 2.75) is 6.54 Å². The minimum absolute atomic E-state index is 0.497. The minimum atomic E-state index is 0.497. The van der Waals surface area contributed by atoms with Crippen molar-refractivity contribution in [3.05, 3.63) is 45.0 Å². The number of fused-ring (bicyclic) bond motifs is 1. The molecule has 0 aliphatic carbocycles. The van der Waals surface area contributed by atoms with Gasteiger partial charge in [-0.05, 0) is 23.6 Å². The van der Waals surface area contributed by atoms with Gasteiger partial charge < -0.3 is 4.85 Å². The van der Waals surface area contributed by atoms with E-state index in [0.717, 1.165) is 9.35 Å². The maximum Gasteiger partial charge on any atom is 0.248 e. The lowest BCUT2D eigenvalue weighted by Gasteiger charge is -1.88. The zero-order valence-corrected chi connectivity index (χ0v) is 9.15. The summed E-state index contributed by atoms with van der Waals surface area (Å²) in [6, 6.07) is 8.28. The zero-order chi connectivity index (χ0) is 9.26. The highest BCUT2D eigenvalue weighted by molar-refractivity contribution is 9.10. The largest absolute Gasteiger partial charge is 0.311 e. The monoisotopic (exact) mass is 251 g/mol. The van der Waals surface area contributed by atoms with Crippen molar-refractivity contribution >= 4 is 37.4 Å². The summed E-state index contributed by atoms with van der Waals surface area (Å²) in [5.41, 5.74) is 0. The quantitative estimate of drug-likeness (QED) is 0.673. The first-order valence-corrected chi connectivity index (χ1v) is 5.42. The summed E-state index contributed by atoms with van der Waals surface area (Å²) < 4.78 is 2.34. The Bertz CT molecular complexity index is 481. The maximum absolute atomic E-state index is 6.78. The summed E-state index contributed by atoms with van der Waals surface area (Å²) in [6.07, 6.45) is 0. The average Bonchev–Trinajstić information content (AvgIpc) is 2.46. The van der Waals surface area contributed by atoms with Crippen LogP contribution in [0.1, 0.15) is 4.88 Å². The molecule has 64 valence electrons. The lowest BCUT2D eigenvalue weighted by Crippen LogP contribution is -1.65. The lowest BCUT2D eigenvalue weighted by atomic mass is 10.2. The van der Waals surface area contributed by atoms with Gasteiger partial charge in [0.1, 0.15) is 0 Å². The SMILES string of the molecule is [C-]#[N+]Cc1cc2ccc(Br)cc2s1. The van der Waals surface area contributed by atoms with Gasteiger partial charge in [0.05, 0.1) is 4.88 Å². The first kappa shape index (κ1) is 8.74.